The molecule has 2 amide bonds. The van der Waals surface area contributed by atoms with Gasteiger partial charge in [-0.3, -0.25) is 9.59 Å². The molecule has 0 aliphatic carbocycles. The van der Waals surface area contributed by atoms with Gasteiger partial charge in [0.25, 0.3) is 0 Å². The molecule has 1 aromatic carbocycles. The lowest BCUT2D eigenvalue weighted by atomic mass is 10.2. The number of anilines is 1. The number of carbonyl (C=O) groups is 2. The van der Waals surface area contributed by atoms with Crippen molar-refractivity contribution >= 4 is 52.2 Å². The van der Waals surface area contributed by atoms with Crippen molar-refractivity contribution in [2.24, 2.45) is 0 Å². The Morgan fingerprint density at radius 3 is 3.00 bits per heavy atom. The Balaban J connectivity index is 1.63. The molecule has 2 N–H and O–H groups in total. The average Bonchev–Trinajstić information content (AvgIpc) is 3.02. The van der Waals surface area contributed by atoms with Crippen molar-refractivity contribution in [2.45, 2.75) is 29.5 Å². The minimum Gasteiger partial charge on any atom is -0.349 e. The monoisotopic (exact) mass is 366 g/mol. The summed E-state index contributed by atoms with van der Waals surface area (Å²) in [6.07, 6.45) is 0.147. The molecule has 1 aromatic heterocycles. The third-order valence-corrected chi connectivity index (χ3v) is 6.04. The van der Waals surface area contributed by atoms with Crippen LogP contribution in [0.2, 0.25) is 5.02 Å². The second-order valence-corrected chi connectivity index (χ2v) is 7.91. The van der Waals surface area contributed by atoms with Crippen molar-refractivity contribution < 1.29 is 9.59 Å². The van der Waals surface area contributed by atoms with Gasteiger partial charge in [-0.1, -0.05) is 17.7 Å². The lowest BCUT2D eigenvalue weighted by molar-refractivity contribution is -0.124. The van der Waals surface area contributed by atoms with Gasteiger partial charge in [0.15, 0.2) is 0 Å². The fourth-order valence-electron chi connectivity index (χ4n) is 2.33. The molecule has 1 aliphatic heterocycles. The minimum atomic E-state index is -0.431. The topological polar surface area (TPSA) is 58.2 Å². The van der Waals surface area contributed by atoms with E-state index in [0.29, 0.717) is 10.7 Å². The molecule has 120 valence electrons. The molecule has 2 heterocycles. The van der Waals surface area contributed by atoms with E-state index in [1.165, 1.54) is 11.8 Å². The van der Waals surface area contributed by atoms with Gasteiger partial charge in [0, 0.05) is 21.2 Å². The molecule has 0 fully saturated rings. The van der Waals surface area contributed by atoms with Gasteiger partial charge in [0.2, 0.25) is 11.8 Å². The molecule has 1 aliphatic rings. The number of benzene rings is 1. The highest BCUT2D eigenvalue weighted by atomic mass is 35.5. The van der Waals surface area contributed by atoms with Crippen LogP contribution in [-0.4, -0.2) is 17.1 Å². The number of rotatable bonds is 4. The van der Waals surface area contributed by atoms with Crippen LogP contribution in [0.1, 0.15) is 24.3 Å². The van der Waals surface area contributed by atoms with Crippen molar-refractivity contribution in [2.75, 3.05) is 5.32 Å². The molecule has 4 nitrogen and oxygen atoms in total. The van der Waals surface area contributed by atoms with Crippen LogP contribution in [0.25, 0.3) is 0 Å². The number of fused-ring (bicyclic) bond motifs is 1. The second-order valence-electron chi connectivity index (χ2n) is 5.24. The lowest BCUT2D eigenvalue weighted by Crippen LogP contribution is -2.35. The summed E-state index contributed by atoms with van der Waals surface area (Å²) in [7, 11) is 0. The quantitative estimate of drug-likeness (QED) is 0.857. The van der Waals surface area contributed by atoms with E-state index in [4.69, 9.17) is 11.6 Å². The molecule has 0 unspecified atom stereocenters. The fraction of sp³-hybridized carbons (Fsp3) is 0.250. The Kier molecular flexibility index (Phi) is 4.94. The van der Waals surface area contributed by atoms with E-state index < -0.39 is 5.25 Å². The highest BCUT2D eigenvalue weighted by Crippen LogP contribution is 2.38. The van der Waals surface area contributed by atoms with Crippen molar-refractivity contribution in [1.29, 1.82) is 0 Å². The summed E-state index contributed by atoms with van der Waals surface area (Å²) < 4.78 is 0. The maximum absolute atomic E-state index is 12.2. The van der Waals surface area contributed by atoms with Crippen LogP contribution in [0.3, 0.4) is 0 Å². The zero-order valence-electron chi connectivity index (χ0n) is 12.3. The van der Waals surface area contributed by atoms with Gasteiger partial charge < -0.3 is 10.6 Å². The zero-order valence-corrected chi connectivity index (χ0v) is 14.7. The van der Waals surface area contributed by atoms with E-state index in [2.05, 4.69) is 10.6 Å². The number of amides is 2. The predicted octanol–water partition coefficient (Wildman–Crippen LogP) is 4.08. The molecule has 7 heteroatoms. The normalized spacial score (nSPS) is 18.0. The Morgan fingerprint density at radius 1 is 1.43 bits per heavy atom. The van der Waals surface area contributed by atoms with Gasteiger partial charge in [0.1, 0.15) is 0 Å². The molecule has 0 spiro atoms. The smallest absolute Gasteiger partial charge is 0.238 e. The van der Waals surface area contributed by atoms with Crippen LogP contribution in [0.5, 0.6) is 0 Å². The van der Waals surface area contributed by atoms with Gasteiger partial charge in [0.05, 0.1) is 17.0 Å². The number of hydrogen-bond donors (Lipinski definition) is 2. The molecular formula is C16H15ClN2O2S2. The Hall–Kier alpha value is -1.50. The van der Waals surface area contributed by atoms with E-state index >= 15 is 0 Å². The summed E-state index contributed by atoms with van der Waals surface area (Å²) in [5, 5.41) is 7.88. The van der Waals surface area contributed by atoms with Crippen molar-refractivity contribution in [1.82, 2.24) is 5.32 Å². The van der Waals surface area contributed by atoms with Crippen molar-refractivity contribution in [3.63, 3.8) is 0 Å². The third kappa shape index (κ3) is 3.88. The summed E-state index contributed by atoms with van der Waals surface area (Å²) in [6, 6.07) is 9.25. The molecule has 0 radical (unpaired) electrons. The molecule has 23 heavy (non-hydrogen) atoms. The number of carbonyl (C=O) groups excluding carboxylic acids is 2. The average molecular weight is 367 g/mol. The zero-order chi connectivity index (χ0) is 16.4. The third-order valence-electron chi connectivity index (χ3n) is 3.48. The Bertz CT molecular complexity index is 734. The first-order valence-corrected chi connectivity index (χ1v) is 9.26. The molecule has 0 saturated heterocycles. The lowest BCUT2D eigenvalue weighted by Gasteiger charge is -2.24. The number of thiophene rings is 1. The van der Waals surface area contributed by atoms with Crippen LogP contribution in [-0.2, 0) is 9.59 Å². The summed E-state index contributed by atoms with van der Waals surface area (Å²) in [5.41, 5.74) is 0.705. The van der Waals surface area contributed by atoms with Gasteiger partial charge in [-0.05, 0) is 36.6 Å². The standard InChI is InChI=1S/C16H15ClN2O2S2/c1-9(12-3-2-6-22-12)18-15(20)8-14-16(21)19-11-7-10(17)4-5-13(11)23-14/h2-7,9,14H,8H2,1H3,(H,18,20)(H,19,21)/t9-,14+/m1/s1. The molecule has 3 rings (SSSR count). The van der Waals surface area contributed by atoms with Gasteiger partial charge in [-0.2, -0.15) is 0 Å². The van der Waals surface area contributed by atoms with E-state index in [9.17, 15) is 9.59 Å². The summed E-state index contributed by atoms with van der Waals surface area (Å²) >= 11 is 8.93. The highest BCUT2D eigenvalue weighted by molar-refractivity contribution is 8.01. The van der Waals surface area contributed by atoms with Crippen LogP contribution < -0.4 is 10.6 Å². The van der Waals surface area contributed by atoms with Crippen molar-refractivity contribution in [3.05, 3.63) is 45.6 Å². The molecule has 0 bridgehead atoms. The minimum absolute atomic E-state index is 0.0507. The van der Waals surface area contributed by atoms with Gasteiger partial charge >= 0.3 is 0 Å². The number of thioether (sulfide) groups is 1. The molecule has 2 atom stereocenters. The Morgan fingerprint density at radius 2 is 2.26 bits per heavy atom. The maximum atomic E-state index is 12.2. The van der Waals surface area contributed by atoms with E-state index in [-0.39, 0.29) is 24.3 Å². The largest absolute Gasteiger partial charge is 0.349 e. The van der Waals surface area contributed by atoms with Crippen LogP contribution in [0.15, 0.2) is 40.6 Å². The number of hydrogen-bond acceptors (Lipinski definition) is 4. The highest BCUT2D eigenvalue weighted by Gasteiger charge is 2.29. The summed E-state index contributed by atoms with van der Waals surface area (Å²) in [4.78, 5) is 26.4. The van der Waals surface area contributed by atoms with Crippen LogP contribution in [0, 0.1) is 0 Å². The fourth-order valence-corrected chi connectivity index (χ4v) is 4.33. The molecule has 2 aromatic rings. The SMILES string of the molecule is C[C@@H](NC(=O)C[C@@H]1Sc2ccc(Cl)cc2NC1=O)c1cccs1. The summed E-state index contributed by atoms with van der Waals surface area (Å²) in [5.74, 6) is -0.292. The summed E-state index contributed by atoms with van der Waals surface area (Å²) in [6.45, 7) is 1.94. The van der Waals surface area contributed by atoms with E-state index in [1.54, 1.807) is 23.5 Å². The molecular weight excluding hydrogens is 352 g/mol. The van der Waals surface area contributed by atoms with Crippen molar-refractivity contribution in [3.8, 4) is 0 Å². The maximum Gasteiger partial charge on any atom is 0.238 e. The first-order valence-electron chi connectivity index (χ1n) is 7.13. The van der Waals surface area contributed by atoms with Gasteiger partial charge in [-0.15, -0.1) is 23.1 Å². The van der Waals surface area contributed by atoms with E-state index in [0.717, 1.165) is 9.77 Å². The predicted molar refractivity (Wildman–Crippen MR) is 95.2 cm³/mol. The van der Waals surface area contributed by atoms with Crippen LogP contribution in [0.4, 0.5) is 5.69 Å². The first-order chi connectivity index (χ1) is 11.0. The molecule has 0 saturated carbocycles. The second kappa shape index (κ2) is 6.95. The number of nitrogens with one attached hydrogen (secondary N) is 2. The van der Waals surface area contributed by atoms with E-state index in [1.807, 2.05) is 30.5 Å². The number of halogens is 1. The van der Waals surface area contributed by atoms with Gasteiger partial charge in [-0.25, -0.2) is 0 Å². The first kappa shape index (κ1) is 16.4. The Labute approximate surface area is 147 Å². The van der Waals surface area contributed by atoms with Crippen LogP contribution >= 0.6 is 34.7 Å².